The minimum Gasteiger partial charge on any atom is -0.495 e. The Morgan fingerprint density at radius 1 is 1.33 bits per heavy atom. The maximum Gasteiger partial charge on any atom is 0.131 e. The van der Waals surface area contributed by atoms with Gasteiger partial charge in [0.2, 0.25) is 0 Å². The second kappa shape index (κ2) is 4.54. The van der Waals surface area contributed by atoms with Crippen molar-refractivity contribution >= 4 is 0 Å². The van der Waals surface area contributed by atoms with Crippen LogP contribution in [0.5, 0.6) is 0 Å². The lowest BCUT2D eigenvalue weighted by Crippen LogP contribution is -1.64. The molecular weight excluding hydrogens is 76.1 g/mol. The Hall–Kier alpha value is -0.460. The van der Waals surface area contributed by atoms with Crippen LogP contribution in [-0.2, 0) is 4.74 Å². The van der Waals surface area contributed by atoms with Crippen LogP contribution in [0, 0.1) is 6.61 Å². The maximum atomic E-state index is 4.68. The molecular formula is C5H9O. The van der Waals surface area contributed by atoms with Crippen molar-refractivity contribution in [3.8, 4) is 0 Å². The van der Waals surface area contributed by atoms with E-state index in [1.54, 1.807) is 12.9 Å². The Bertz CT molecular complexity index is 39.2. The Balaban J connectivity index is 2.66. The quantitative estimate of drug-likeness (QED) is 0.464. The van der Waals surface area contributed by atoms with Crippen LogP contribution in [0.2, 0.25) is 0 Å². The molecule has 0 aliphatic carbocycles. The van der Waals surface area contributed by atoms with Gasteiger partial charge in [-0.3, -0.25) is 0 Å². The highest BCUT2D eigenvalue weighted by Crippen LogP contribution is 1.77. The zero-order valence-corrected chi connectivity index (χ0v) is 4.14. The molecule has 0 atom stereocenters. The van der Waals surface area contributed by atoms with Gasteiger partial charge in [-0.05, 0) is 13.8 Å². The van der Waals surface area contributed by atoms with E-state index in [1.165, 1.54) is 0 Å². The number of rotatable bonds is 2. The van der Waals surface area contributed by atoms with Gasteiger partial charge in [-0.15, -0.1) is 0 Å². The summed E-state index contributed by atoms with van der Waals surface area (Å²) in [5.41, 5.74) is 0. The first kappa shape index (κ1) is 5.54. The predicted molar refractivity (Wildman–Crippen MR) is 25.9 cm³/mol. The molecule has 0 spiro atoms. The van der Waals surface area contributed by atoms with E-state index in [1.807, 2.05) is 19.9 Å². The van der Waals surface area contributed by atoms with Crippen LogP contribution in [0.4, 0.5) is 0 Å². The second-order valence-corrected chi connectivity index (χ2v) is 0.841. The monoisotopic (exact) mass is 85.1 g/mol. The van der Waals surface area contributed by atoms with Crippen LogP contribution < -0.4 is 0 Å². The molecule has 0 N–H and O–H groups in total. The van der Waals surface area contributed by atoms with Crippen molar-refractivity contribution in [3.05, 3.63) is 18.9 Å². The molecule has 0 aliphatic heterocycles. The molecule has 1 nitrogen and oxygen atoms in total. The largest absolute Gasteiger partial charge is 0.495 e. The molecule has 0 aromatic rings. The minimum absolute atomic E-state index is 1.62. The van der Waals surface area contributed by atoms with Gasteiger partial charge in [0, 0.05) is 0 Å². The number of allylic oxidation sites excluding steroid dienone is 1. The molecule has 0 heterocycles. The third kappa shape index (κ3) is 3.54. The topological polar surface area (TPSA) is 9.23 Å². The van der Waals surface area contributed by atoms with Gasteiger partial charge < -0.3 is 4.74 Å². The van der Waals surface area contributed by atoms with Crippen molar-refractivity contribution in [2.75, 3.05) is 0 Å². The fourth-order valence-corrected chi connectivity index (χ4v) is 0.157. The summed E-state index contributed by atoms with van der Waals surface area (Å²) in [4.78, 5) is 0. The van der Waals surface area contributed by atoms with Crippen molar-refractivity contribution in [3.63, 3.8) is 0 Å². The lowest BCUT2D eigenvalue weighted by Gasteiger charge is -1.85. The van der Waals surface area contributed by atoms with E-state index in [4.69, 9.17) is 0 Å². The molecule has 1 heteroatoms. The summed E-state index contributed by atoms with van der Waals surface area (Å²) in [5, 5.41) is 0. The summed E-state index contributed by atoms with van der Waals surface area (Å²) in [5.74, 6) is 0. The molecule has 1 radical (unpaired) electrons. The van der Waals surface area contributed by atoms with E-state index < -0.39 is 0 Å². The molecule has 0 aromatic carbocycles. The molecule has 0 saturated carbocycles. The third-order valence-corrected chi connectivity index (χ3v) is 0.351. The maximum absolute atomic E-state index is 4.68. The normalized spacial score (nSPS) is 9.67. The van der Waals surface area contributed by atoms with Crippen molar-refractivity contribution in [2.45, 2.75) is 13.8 Å². The molecule has 0 fully saturated rings. The lowest BCUT2D eigenvalue weighted by molar-refractivity contribution is 0.341. The third-order valence-electron chi connectivity index (χ3n) is 0.351. The first-order chi connectivity index (χ1) is 2.91. The zero-order chi connectivity index (χ0) is 4.83. The van der Waals surface area contributed by atoms with Gasteiger partial charge in [0.05, 0.1) is 6.26 Å². The van der Waals surface area contributed by atoms with E-state index in [0.29, 0.717) is 0 Å². The van der Waals surface area contributed by atoms with Gasteiger partial charge >= 0.3 is 0 Å². The van der Waals surface area contributed by atoms with Gasteiger partial charge in [0.25, 0.3) is 0 Å². The van der Waals surface area contributed by atoms with Crippen LogP contribution in [0.15, 0.2) is 12.3 Å². The average molecular weight is 85.1 g/mol. The van der Waals surface area contributed by atoms with Crippen LogP contribution in [0.1, 0.15) is 13.8 Å². The first-order valence-corrected chi connectivity index (χ1v) is 1.96. The summed E-state index contributed by atoms with van der Waals surface area (Å²) in [7, 11) is 0. The van der Waals surface area contributed by atoms with Crippen LogP contribution in [0.25, 0.3) is 0 Å². The second-order valence-electron chi connectivity index (χ2n) is 0.841. The Morgan fingerprint density at radius 3 is 2.17 bits per heavy atom. The van der Waals surface area contributed by atoms with Gasteiger partial charge in [-0.2, -0.15) is 0 Å². The van der Waals surface area contributed by atoms with E-state index in [0.717, 1.165) is 0 Å². The molecule has 0 unspecified atom stereocenters. The molecule has 0 saturated heterocycles. The van der Waals surface area contributed by atoms with Crippen molar-refractivity contribution < 1.29 is 4.74 Å². The fraction of sp³-hybridized carbons (Fsp3) is 0.400. The average Bonchev–Trinajstić information content (AvgIpc) is 1.61. The van der Waals surface area contributed by atoms with Crippen LogP contribution in [0.3, 0.4) is 0 Å². The van der Waals surface area contributed by atoms with Gasteiger partial charge in [-0.25, -0.2) is 0 Å². The minimum atomic E-state index is 1.62. The zero-order valence-electron chi connectivity index (χ0n) is 4.14. The van der Waals surface area contributed by atoms with Crippen molar-refractivity contribution in [1.29, 1.82) is 0 Å². The molecule has 6 heavy (non-hydrogen) atoms. The smallest absolute Gasteiger partial charge is 0.131 e. The van der Waals surface area contributed by atoms with E-state index in [-0.39, 0.29) is 0 Å². The van der Waals surface area contributed by atoms with Crippen molar-refractivity contribution in [2.24, 2.45) is 0 Å². The summed E-state index contributed by atoms with van der Waals surface area (Å²) in [6, 6.07) is 0. The van der Waals surface area contributed by atoms with Gasteiger partial charge in [0.1, 0.15) is 6.61 Å². The molecule has 0 amide bonds. The molecule has 0 bridgehead atoms. The first-order valence-electron chi connectivity index (χ1n) is 1.96. The Labute approximate surface area is 38.6 Å². The van der Waals surface area contributed by atoms with Gasteiger partial charge in [0.15, 0.2) is 0 Å². The molecule has 35 valence electrons. The molecule has 0 aromatic heterocycles. The van der Waals surface area contributed by atoms with Crippen molar-refractivity contribution in [1.82, 2.24) is 0 Å². The lowest BCUT2D eigenvalue weighted by atomic mass is 10.7. The summed E-state index contributed by atoms with van der Waals surface area (Å²) < 4.78 is 4.68. The van der Waals surface area contributed by atoms with E-state index >= 15 is 0 Å². The highest BCUT2D eigenvalue weighted by molar-refractivity contribution is 4.65. The highest BCUT2D eigenvalue weighted by Gasteiger charge is 1.61. The fourth-order valence-electron chi connectivity index (χ4n) is 0.157. The molecule has 0 rings (SSSR count). The number of hydrogen-bond donors (Lipinski definition) is 0. The number of hydrogen-bond acceptors (Lipinski definition) is 1. The number of ether oxygens (including phenoxy) is 1. The summed E-state index contributed by atoms with van der Waals surface area (Å²) >= 11 is 0. The highest BCUT2D eigenvalue weighted by atomic mass is 16.5. The van der Waals surface area contributed by atoms with Gasteiger partial charge in [-0.1, -0.05) is 6.08 Å². The summed E-state index contributed by atoms with van der Waals surface area (Å²) in [6.07, 6.45) is 3.46. The van der Waals surface area contributed by atoms with E-state index in [9.17, 15) is 0 Å². The standard InChI is InChI=1S/C5H9O/c1-3-5-6-4-2/h3-5H,1-2H3. The Kier molecular flexibility index (Phi) is 4.19. The van der Waals surface area contributed by atoms with Crippen LogP contribution >= 0.6 is 0 Å². The summed E-state index contributed by atoms with van der Waals surface area (Å²) in [6.45, 7) is 5.36. The predicted octanol–water partition coefficient (Wildman–Crippen LogP) is 1.72. The molecule has 0 aliphatic rings. The van der Waals surface area contributed by atoms with Crippen LogP contribution in [-0.4, -0.2) is 0 Å². The Morgan fingerprint density at radius 2 is 2.00 bits per heavy atom. The SMILES string of the molecule is C[CH]OC=CC. The van der Waals surface area contributed by atoms with E-state index in [2.05, 4.69) is 4.74 Å².